The predicted molar refractivity (Wildman–Crippen MR) is 95.5 cm³/mol. The van der Waals surface area contributed by atoms with Crippen LogP contribution >= 0.6 is 0 Å². The number of nitro groups is 1. The first-order valence-electron chi connectivity index (χ1n) is 8.65. The van der Waals surface area contributed by atoms with Crippen molar-refractivity contribution in [2.24, 2.45) is 22.4 Å². The second kappa shape index (κ2) is 6.93. The van der Waals surface area contributed by atoms with Crippen molar-refractivity contribution >= 4 is 17.8 Å². The van der Waals surface area contributed by atoms with Gasteiger partial charge in [-0.1, -0.05) is 19.8 Å². The van der Waals surface area contributed by atoms with Crippen LogP contribution in [0.4, 0.5) is 5.69 Å². The number of rotatable bonds is 6. The minimum absolute atomic E-state index is 0.0115. The van der Waals surface area contributed by atoms with Gasteiger partial charge in [0.25, 0.3) is 5.69 Å². The molecule has 1 aromatic carbocycles. The van der Waals surface area contributed by atoms with Crippen LogP contribution in [0.5, 0.6) is 11.5 Å². The van der Waals surface area contributed by atoms with Crippen molar-refractivity contribution in [3.63, 3.8) is 0 Å². The normalized spacial score (nSPS) is 26.9. The first-order valence-corrected chi connectivity index (χ1v) is 8.65. The highest BCUT2D eigenvalue weighted by Crippen LogP contribution is 2.66. The number of hydrogen-bond acceptors (Lipinski definition) is 6. The summed E-state index contributed by atoms with van der Waals surface area (Å²) in [6.45, 7) is 2.16. The van der Waals surface area contributed by atoms with E-state index >= 15 is 0 Å². The lowest BCUT2D eigenvalue weighted by atomic mass is 9.90. The Kier molecular flexibility index (Phi) is 4.84. The molecule has 1 aromatic rings. The topological polar surface area (TPSA) is 103 Å². The molecule has 0 unspecified atom stereocenters. The van der Waals surface area contributed by atoms with Gasteiger partial charge < -0.3 is 9.47 Å². The molecule has 140 valence electrons. The summed E-state index contributed by atoms with van der Waals surface area (Å²) in [5.74, 6) is 0.921. The van der Waals surface area contributed by atoms with Gasteiger partial charge in [-0.3, -0.25) is 14.9 Å². The number of nitrogens with zero attached hydrogens (tertiary/aromatic N) is 2. The Morgan fingerprint density at radius 2 is 2.04 bits per heavy atom. The largest absolute Gasteiger partial charge is 0.493 e. The molecule has 0 aliphatic heterocycles. The van der Waals surface area contributed by atoms with Gasteiger partial charge in [0.1, 0.15) is 0 Å². The number of amides is 1. The second-order valence-corrected chi connectivity index (χ2v) is 7.09. The maximum atomic E-state index is 12.4. The minimum Gasteiger partial charge on any atom is -0.493 e. The number of ether oxygens (including phenoxy) is 2. The quantitative estimate of drug-likeness (QED) is 0.477. The second-order valence-electron chi connectivity index (χ2n) is 7.09. The van der Waals surface area contributed by atoms with E-state index in [9.17, 15) is 14.9 Å². The molecule has 0 bridgehead atoms. The van der Waals surface area contributed by atoms with Crippen LogP contribution < -0.4 is 14.9 Å². The van der Waals surface area contributed by atoms with Crippen LogP contribution in [0.2, 0.25) is 0 Å². The van der Waals surface area contributed by atoms with Gasteiger partial charge in [0, 0.05) is 5.92 Å². The Hall–Kier alpha value is -2.64. The van der Waals surface area contributed by atoms with Crippen LogP contribution in [0.25, 0.3) is 0 Å². The van der Waals surface area contributed by atoms with Crippen LogP contribution in [-0.2, 0) is 4.79 Å². The van der Waals surface area contributed by atoms with E-state index in [1.54, 1.807) is 0 Å². The molecule has 2 aliphatic carbocycles. The highest BCUT2D eigenvalue weighted by molar-refractivity contribution is 5.89. The standard InChI is InChI=1S/C18H23N3O5/c1-18-7-5-4-6-12(18)16(18)17(22)20-19-10-11-8-14(25-2)15(26-3)9-13(11)21(23)24/h8-10,12,16H,4-7H2,1-3H3,(H,20,22)/b19-10-/t12-,16+,18-/m1/s1. The van der Waals surface area contributed by atoms with E-state index in [4.69, 9.17) is 9.47 Å². The van der Waals surface area contributed by atoms with E-state index in [2.05, 4.69) is 17.5 Å². The zero-order chi connectivity index (χ0) is 18.9. The molecule has 3 rings (SSSR count). The summed E-state index contributed by atoms with van der Waals surface area (Å²) in [7, 11) is 2.85. The number of fused-ring (bicyclic) bond motifs is 1. The van der Waals surface area contributed by atoms with Gasteiger partial charge in [-0.05, 0) is 30.2 Å². The molecule has 0 radical (unpaired) electrons. The van der Waals surface area contributed by atoms with Crippen molar-refractivity contribution in [2.45, 2.75) is 32.6 Å². The number of benzene rings is 1. The van der Waals surface area contributed by atoms with Crippen LogP contribution in [0.1, 0.15) is 38.2 Å². The monoisotopic (exact) mass is 361 g/mol. The van der Waals surface area contributed by atoms with Crippen molar-refractivity contribution in [1.82, 2.24) is 5.43 Å². The van der Waals surface area contributed by atoms with Crippen molar-refractivity contribution < 1.29 is 19.2 Å². The number of nitrogens with one attached hydrogen (secondary N) is 1. The lowest BCUT2D eigenvalue weighted by Gasteiger charge is -2.15. The molecule has 0 aromatic heterocycles. The molecule has 2 saturated carbocycles. The summed E-state index contributed by atoms with van der Waals surface area (Å²) in [4.78, 5) is 23.2. The van der Waals surface area contributed by atoms with E-state index in [1.165, 1.54) is 39.0 Å². The van der Waals surface area contributed by atoms with E-state index in [0.29, 0.717) is 11.7 Å². The van der Waals surface area contributed by atoms with Crippen molar-refractivity contribution in [2.75, 3.05) is 14.2 Å². The third kappa shape index (κ3) is 3.11. The molecule has 2 fully saturated rings. The Morgan fingerprint density at radius 3 is 2.62 bits per heavy atom. The Morgan fingerprint density at radius 1 is 1.35 bits per heavy atom. The fraction of sp³-hybridized carbons (Fsp3) is 0.556. The highest BCUT2D eigenvalue weighted by Gasteiger charge is 2.64. The van der Waals surface area contributed by atoms with E-state index < -0.39 is 4.92 Å². The fourth-order valence-corrected chi connectivity index (χ4v) is 4.23. The third-order valence-corrected chi connectivity index (χ3v) is 5.72. The first kappa shape index (κ1) is 18.2. The predicted octanol–water partition coefficient (Wildman–Crippen LogP) is 2.89. The minimum atomic E-state index is -0.526. The molecule has 0 spiro atoms. The third-order valence-electron chi connectivity index (χ3n) is 5.72. The lowest BCUT2D eigenvalue weighted by Crippen LogP contribution is -2.22. The lowest BCUT2D eigenvalue weighted by molar-refractivity contribution is -0.385. The molecule has 1 amide bonds. The van der Waals surface area contributed by atoms with Gasteiger partial charge >= 0.3 is 0 Å². The van der Waals surface area contributed by atoms with Crippen molar-refractivity contribution in [3.8, 4) is 11.5 Å². The summed E-state index contributed by atoms with van der Waals surface area (Å²) in [6.07, 6.45) is 5.76. The zero-order valence-electron chi connectivity index (χ0n) is 15.2. The summed E-state index contributed by atoms with van der Waals surface area (Å²) >= 11 is 0. The molecule has 8 nitrogen and oxygen atoms in total. The van der Waals surface area contributed by atoms with Gasteiger partial charge in [0.15, 0.2) is 11.5 Å². The SMILES string of the molecule is COc1cc(/C=N\NC(=O)[C@@H]2[C@H]3CCCC[C@]32C)c([N+](=O)[O-])cc1OC. The summed E-state index contributed by atoms with van der Waals surface area (Å²) in [6, 6.07) is 2.74. The molecule has 26 heavy (non-hydrogen) atoms. The number of carbonyl (C=O) groups is 1. The highest BCUT2D eigenvalue weighted by atomic mass is 16.6. The van der Waals surface area contributed by atoms with Crippen molar-refractivity contribution in [1.29, 1.82) is 0 Å². The van der Waals surface area contributed by atoms with Crippen LogP contribution in [0, 0.1) is 27.4 Å². The molecule has 2 aliphatic rings. The van der Waals surface area contributed by atoms with Gasteiger partial charge in [-0.25, -0.2) is 5.43 Å². The zero-order valence-corrected chi connectivity index (χ0v) is 15.2. The van der Waals surface area contributed by atoms with Crippen LogP contribution in [0.15, 0.2) is 17.2 Å². The number of hydrazone groups is 1. The molecule has 8 heteroatoms. The number of hydrogen-bond donors (Lipinski definition) is 1. The van der Waals surface area contributed by atoms with Gasteiger partial charge in [-0.2, -0.15) is 5.10 Å². The molecular weight excluding hydrogens is 338 g/mol. The summed E-state index contributed by atoms with van der Waals surface area (Å²) in [5, 5.41) is 15.2. The Balaban J connectivity index is 1.74. The molecule has 3 atom stereocenters. The van der Waals surface area contributed by atoms with Gasteiger partial charge in [0.2, 0.25) is 5.91 Å². The number of carbonyl (C=O) groups excluding carboxylic acids is 1. The maximum Gasteiger partial charge on any atom is 0.282 e. The molecule has 1 N–H and O–H groups in total. The summed E-state index contributed by atoms with van der Waals surface area (Å²) in [5.41, 5.74) is 2.69. The average molecular weight is 361 g/mol. The first-order chi connectivity index (χ1) is 12.4. The Bertz CT molecular complexity index is 763. The van der Waals surface area contributed by atoms with Crippen molar-refractivity contribution in [3.05, 3.63) is 27.8 Å². The fourth-order valence-electron chi connectivity index (χ4n) is 4.23. The van der Waals surface area contributed by atoms with E-state index in [1.807, 2.05) is 0 Å². The Labute approximate surface area is 151 Å². The van der Waals surface area contributed by atoms with E-state index in [-0.39, 0.29) is 34.2 Å². The van der Waals surface area contributed by atoms with E-state index in [0.717, 1.165) is 19.3 Å². The summed E-state index contributed by atoms with van der Waals surface area (Å²) < 4.78 is 10.3. The van der Waals surface area contributed by atoms with Gasteiger partial charge in [0.05, 0.1) is 37.0 Å². The number of nitro benzene ring substituents is 1. The van der Waals surface area contributed by atoms with Crippen LogP contribution in [-0.4, -0.2) is 31.3 Å². The molecular formula is C18H23N3O5. The number of methoxy groups -OCH3 is 2. The van der Waals surface area contributed by atoms with Crippen LogP contribution in [0.3, 0.4) is 0 Å². The average Bonchev–Trinajstić information content (AvgIpc) is 3.26. The molecule has 0 saturated heterocycles. The van der Waals surface area contributed by atoms with Gasteiger partial charge in [-0.15, -0.1) is 0 Å². The molecule has 0 heterocycles. The smallest absolute Gasteiger partial charge is 0.282 e. The maximum absolute atomic E-state index is 12.4.